The minimum absolute atomic E-state index is 0.722. The molecule has 0 amide bonds. The van der Waals surface area contributed by atoms with Crippen molar-refractivity contribution in [3.05, 3.63) is 50.6 Å². The average molecular weight is 376 g/mol. The van der Waals surface area contributed by atoms with Gasteiger partial charge in [0.05, 0.1) is 6.61 Å². The molecule has 0 atom stereocenters. The highest BCUT2D eigenvalue weighted by Crippen LogP contribution is 2.24. The lowest BCUT2D eigenvalue weighted by atomic mass is 10.2. The zero-order chi connectivity index (χ0) is 12.1. The van der Waals surface area contributed by atoms with Crippen LogP contribution in [0.3, 0.4) is 0 Å². The molecule has 0 fully saturated rings. The van der Waals surface area contributed by atoms with Gasteiger partial charge >= 0.3 is 0 Å². The van der Waals surface area contributed by atoms with Crippen LogP contribution in [0.1, 0.15) is 11.1 Å². The summed E-state index contributed by atoms with van der Waals surface area (Å²) in [7, 11) is 0. The second-order valence-electron chi connectivity index (χ2n) is 3.62. The van der Waals surface area contributed by atoms with E-state index in [0.717, 1.165) is 28.6 Å². The third kappa shape index (κ3) is 3.83. The summed E-state index contributed by atoms with van der Waals surface area (Å²) in [5.41, 5.74) is 2.55. The lowest BCUT2D eigenvalue weighted by Gasteiger charge is -2.08. The molecule has 2 aromatic rings. The fourth-order valence-electron chi connectivity index (χ4n) is 1.46. The van der Waals surface area contributed by atoms with Crippen LogP contribution < -0.4 is 4.74 Å². The van der Waals surface area contributed by atoms with Gasteiger partial charge in [-0.15, -0.1) is 0 Å². The molecular weight excluding hydrogens is 364 g/mol. The topological polar surface area (TPSA) is 9.23 Å². The van der Waals surface area contributed by atoms with Gasteiger partial charge in [0.25, 0.3) is 0 Å². The molecule has 1 nitrogen and oxygen atoms in total. The first-order valence-corrected chi connectivity index (χ1v) is 8.13. The normalized spacial score (nSPS) is 10.5. The van der Waals surface area contributed by atoms with Crippen LogP contribution >= 0.6 is 43.2 Å². The van der Waals surface area contributed by atoms with Crippen molar-refractivity contribution in [1.29, 1.82) is 0 Å². The van der Waals surface area contributed by atoms with Gasteiger partial charge in [-0.25, -0.2) is 0 Å². The SMILES string of the molecule is BrCc1cc(OCCc2ccsc2)ccc1Br. The van der Waals surface area contributed by atoms with Gasteiger partial charge in [0, 0.05) is 16.2 Å². The molecular formula is C13H12Br2OS. The smallest absolute Gasteiger partial charge is 0.119 e. The quantitative estimate of drug-likeness (QED) is 0.666. The first kappa shape index (κ1) is 13.1. The van der Waals surface area contributed by atoms with Crippen molar-refractivity contribution in [1.82, 2.24) is 0 Å². The number of benzene rings is 1. The van der Waals surface area contributed by atoms with Crippen LogP contribution in [0.2, 0.25) is 0 Å². The molecule has 17 heavy (non-hydrogen) atoms. The molecule has 0 bridgehead atoms. The zero-order valence-corrected chi connectivity index (χ0v) is 13.1. The predicted molar refractivity (Wildman–Crippen MR) is 80.3 cm³/mol. The molecule has 2 rings (SSSR count). The van der Waals surface area contributed by atoms with Gasteiger partial charge in [0.2, 0.25) is 0 Å². The molecule has 90 valence electrons. The zero-order valence-electron chi connectivity index (χ0n) is 9.16. The molecule has 0 saturated heterocycles. The van der Waals surface area contributed by atoms with Crippen LogP contribution in [0.4, 0.5) is 0 Å². The molecule has 0 radical (unpaired) electrons. The first-order valence-electron chi connectivity index (χ1n) is 5.28. The standard InChI is InChI=1S/C13H12Br2OS/c14-8-11-7-12(1-2-13(11)15)16-5-3-10-4-6-17-9-10/h1-2,4,6-7,9H,3,5,8H2. The van der Waals surface area contributed by atoms with Gasteiger partial charge in [-0.05, 0) is 46.2 Å². The largest absolute Gasteiger partial charge is 0.493 e. The van der Waals surface area contributed by atoms with Gasteiger partial charge in [-0.1, -0.05) is 31.9 Å². The maximum absolute atomic E-state index is 5.74. The summed E-state index contributed by atoms with van der Waals surface area (Å²) in [6.45, 7) is 0.722. The fraction of sp³-hybridized carbons (Fsp3) is 0.231. The van der Waals surface area contributed by atoms with E-state index in [1.807, 2.05) is 12.1 Å². The van der Waals surface area contributed by atoms with Gasteiger partial charge in [-0.2, -0.15) is 11.3 Å². The van der Waals surface area contributed by atoms with Gasteiger partial charge in [0.15, 0.2) is 0 Å². The minimum Gasteiger partial charge on any atom is -0.493 e. The number of hydrogen-bond donors (Lipinski definition) is 0. The van der Waals surface area contributed by atoms with Crippen LogP contribution in [-0.2, 0) is 11.8 Å². The van der Waals surface area contributed by atoms with Crippen molar-refractivity contribution >= 4 is 43.2 Å². The average Bonchev–Trinajstić information content (AvgIpc) is 2.84. The van der Waals surface area contributed by atoms with E-state index in [0.29, 0.717) is 0 Å². The van der Waals surface area contributed by atoms with E-state index in [9.17, 15) is 0 Å². The third-order valence-electron chi connectivity index (χ3n) is 2.40. The highest BCUT2D eigenvalue weighted by atomic mass is 79.9. The summed E-state index contributed by atoms with van der Waals surface area (Å²) < 4.78 is 6.85. The Balaban J connectivity index is 1.90. The summed E-state index contributed by atoms with van der Waals surface area (Å²) in [5, 5.41) is 5.09. The Bertz CT molecular complexity index is 468. The summed E-state index contributed by atoms with van der Waals surface area (Å²) in [6, 6.07) is 8.21. The molecule has 0 saturated carbocycles. The van der Waals surface area contributed by atoms with E-state index in [-0.39, 0.29) is 0 Å². The molecule has 0 N–H and O–H groups in total. The number of rotatable bonds is 5. The number of halogens is 2. The number of hydrogen-bond acceptors (Lipinski definition) is 2. The lowest BCUT2D eigenvalue weighted by Crippen LogP contribution is -2.00. The number of ether oxygens (including phenoxy) is 1. The molecule has 0 spiro atoms. The van der Waals surface area contributed by atoms with Crippen LogP contribution in [0.15, 0.2) is 39.5 Å². The van der Waals surface area contributed by atoms with Crippen molar-refractivity contribution in [2.24, 2.45) is 0 Å². The Morgan fingerprint density at radius 2 is 2.12 bits per heavy atom. The predicted octanol–water partition coefficient (Wildman–Crippen LogP) is 5.03. The summed E-state index contributed by atoms with van der Waals surface area (Å²) in [4.78, 5) is 0. The van der Waals surface area contributed by atoms with E-state index < -0.39 is 0 Å². The van der Waals surface area contributed by atoms with Crippen molar-refractivity contribution in [2.75, 3.05) is 6.61 Å². The monoisotopic (exact) mass is 374 g/mol. The molecule has 0 aliphatic rings. The lowest BCUT2D eigenvalue weighted by molar-refractivity contribution is 0.322. The van der Waals surface area contributed by atoms with Gasteiger partial charge < -0.3 is 4.74 Å². The highest BCUT2D eigenvalue weighted by molar-refractivity contribution is 9.10. The van der Waals surface area contributed by atoms with Crippen LogP contribution in [0, 0.1) is 0 Å². The van der Waals surface area contributed by atoms with E-state index in [1.165, 1.54) is 11.1 Å². The van der Waals surface area contributed by atoms with E-state index in [4.69, 9.17) is 4.74 Å². The Kier molecular flexibility index (Phi) is 5.07. The van der Waals surface area contributed by atoms with Crippen molar-refractivity contribution in [3.63, 3.8) is 0 Å². The summed E-state index contributed by atoms with van der Waals surface area (Å²) in [6.07, 6.45) is 0.962. The van der Waals surface area contributed by atoms with Crippen molar-refractivity contribution in [2.45, 2.75) is 11.8 Å². The molecule has 1 aromatic carbocycles. The van der Waals surface area contributed by atoms with E-state index >= 15 is 0 Å². The van der Waals surface area contributed by atoms with E-state index in [1.54, 1.807) is 11.3 Å². The molecule has 4 heteroatoms. The second-order valence-corrected chi connectivity index (χ2v) is 5.81. The van der Waals surface area contributed by atoms with E-state index in [2.05, 4.69) is 54.8 Å². The van der Waals surface area contributed by atoms with Gasteiger partial charge in [-0.3, -0.25) is 0 Å². The fourth-order valence-corrected chi connectivity index (χ4v) is 3.40. The molecule has 1 heterocycles. The Hall–Kier alpha value is -0.320. The van der Waals surface area contributed by atoms with Gasteiger partial charge in [0.1, 0.15) is 5.75 Å². The Labute approximate surface area is 122 Å². The molecule has 0 aliphatic carbocycles. The number of alkyl halides is 1. The van der Waals surface area contributed by atoms with Crippen LogP contribution in [-0.4, -0.2) is 6.61 Å². The number of thiophene rings is 1. The Morgan fingerprint density at radius 1 is 1.24 bits per heavy atom. The third-order valence-corrected chi connectivity index (χ3v) is 4.51. The first-order chi connectivity index (χ1) is 8.29. The second kappa shape index (κ2) is 6.57. The Morgan fingerprint density at radius 3 is 2.82 bits per heavy atom. The molecule has 0 aliphatic heterocycles. The van der Waals surface area contributed by atoms with Crippen molar-refractivity contribution < 1.29 is 4.74 Å². The maximum atomic E-state index is 5.74. The molecule has 0 unspecified atom stereocenters. The van der Waals surface area contributed by atoms with Crippen LogP contribution in [0.25, 0.3) is 0 Å². The van der Waals surface area contributed by atoms with Crippen LogP contribution in [0.5, 0.6) is 5.75 Å². The molecule has 1 aromatic heterocycles. The summed E-state index contributed by atoms with van der Waals surface area (Å²) in [5.74, 6) is 0.929. The van der Waals surface area contributed by atoms with Crippen molar-refractivity contribution in [3.8, 4) is 5.75 Å². The maximum Gasteiger partial charge on any atom is 0.119 e. The highest BCUT2D eigenvalue weighted by Gasteiger charge is 2.01. The summed E-state index contributed by atoms with van der Waals surface area (Å²) >= 11 is 8.69. The minimum atomic E-state index is 0.722.